The van der Waals surface area contributed by atoms with Crippen LogP contribution in [0.15, 0.2) is 42.5 Å². The Morgan fingerprint density at radius 1 is 1.18 bits per heavy atom. The Morgan fingerprint density at radius 3 is 2.64 bits per heavy atom. The number of ether oxygens (including phenoxy) is 1. The molecule has 0 bridgehead atoms. The number of methoxy groups -OCH3 is 1. The van der Waals surface area contributed by atoms with Gasteiger partial charge >= 0.3 is 10.5 Å². The fourth-order valence-corrected chi connectivity index (χ4v) is 3.32. The highest BCUT2D eigenvalue weighted by Gasteiger charge is 2.18. The smallest absolute Gasteiger partial charge is 0.488 e. The second kappa shape index (κ2) is 5.54. The number of rotatable bonds is 4. The van der Waals surface area contributed by atoms with Crippen molar-refractivity contribution >= 4 is 32.1 Å². The molecule has 0 amide bonds. The van der Waals surface area contributed by atoms with Gasteiger partial charge in [0.2, 0.25) is 0 Å². The van der Waals surface area contributed by atoms with Gasteiger partial charge in [0.05, 0.1) is 22.9 Å². The summed E-state index contributed by atoms with van der Waals surface area (Å²) in [5.41, 5.74) is 1.15. The first-order chi connectivity index (χ1) is 10.5. The molecule has 8 heteroatoms. The molecule has 0 unspecified atom stereocenters. The Bertz CT molecular complexity index is 904. The van der Waals surface area contributed by atoms with Crippen molar-refractivity contribution in [1.29, 1.82) is 0 Å². The zero-order valence-corrected chi connectivity index (χ0v) is 12.9. The summed E-state index contributed by atoms with van der Waals surface area (Å²) >= 11 is 1.35. The Labute approximate surface area is 130 Å². The standard InChI is InChI=1S/C14H10FNO4S2/c1-19-9-6-7-10(12(8-9)20-22(15,17)18)14-16-11-4-2-3-5-13(11)21-14/h2-8H,1H3. The first-order valence-electron chi connectivity index (χ1n) is 6.14. The molecular weight excluding hydrogens is 329 g/mol. The van der Waals surface area contributed by atoms with E-state index < -0.39 is 10.5 Å². The van der Waals surface area contributed by atoms with E-state index in [1.165, 1.54) is 24.5 Å². The minimum Gasteiger partial charge on any atom is -0.497 e. The van der Waals surface area contributed by atoms with E-state index in [1.807, 2.05) is 24.3 Å². The summed E-state index contributed by atoms with van der Waals surface area (Å²) < 4.78 is 44.9. The molecule has 0 spiro atoms. The lowest BCUT2D eigenvalue weighted by atomic mass is 10.2. The van der Waals surface area contributed by atoms with Gasteiger partial charge < -0.3 is 8.92 Å². The van der Waals surface area contributed by atoms with Crippen LogP contribution >= 0.6 is 11.3 Å². The van der Waals surface area contributed by atoms with E-state index >= 15 is 0 Å². The lowest BCUT2D eigenvalue weighted by Crippen LogP contribution is -2.02. The molecule has 1 heterocycles. The van der Waals surface area contributed by atoms with Gasteiger partial charge in [-0.3, -0.25) is 0 Å². The number of fused-ring (bicyclic) bond motifs is 1. The summed E-state index contributed by atoms with van der Waals surface area (Å²) in [5, 5.41) is 0.530. The number of halogens is 1. The maximum Gasteiger partial charge on any atom is 0.488 e. The summed E-state index contributed by atoms with van der Waals surface area (Å²) in [6, 6.07) is 12.0. The number of benzene rings is 2. The summed E-state index contributed by atoms with van der Waals surface area (Å²) in [4.78, 5) is 4.41. The molecule has 22 heavy (non-hydrogen) atoms. The highest BCUT2D eigenvalue weighted by atomic mass is 32.3. The highest BCUT2D eigenvalue weighted by Crippen LogP contribution is 2.38. The molecule has 0 aliphatic carbocycles. The molecule has 0 aliphatic rings. The number of thiazole rings is 1. The molecule has 2 aromatic carbocycles. The number of nitrogens with zero attached hydrogens (tertiary/aromatic N) is 1. The highest BCUT2D eigenvalue weighted by molar-refractivity contribution is 7.81. The summed E-state index contributed by atoms with van der Waals surface area (Å²) in [6.07, 6.45) is 0. The number of aromatic nitrogens is 1. The van der Waals surface area contributed by atoms with Crippen molar-refractivity contribution in [3.63, 3.8) is 0 Å². The molecule has 3 rings (SSSR count). The van der Waals surface area contributed by atoms with Crippen LogP contribution in [-0.4, -0.2) is 20.5 Å². The van der Waals surface area contributed by atoms with Gasteiger partial charge in [-0.2, -0.15) is 8.42 Å². The molecule has 0 fully saturated rings. The third-order valence-electron chi connectivity index (χ3n) is 2.90. The van der Waals surface area contributed by atoms with Crippen LogP contribution in [0.3, 0.4) is 0 Å². The molecule has 1 aromatic heterocycles. The maximum absolute atomic E-state index is 12.9. The van der Waals surface area contributed by atoms with Gasteiger partial charge in [-0.15, -0.1) is 11.3 Å². The lowest BCUT2D eigenvalue weighted by Gasteiger charge is -2.08. The van der Waals surface area contributed by atoms with Crippen molar-refractivity contribution < 1.29 is 21.2 Å². The SMILES string of the molecule is COc1ccc(-c2nc3ccccc3s2)c(OS(=O)(=O)F)c1. The molecular formula is C14H10FNO4S2. The van der Waals surface area contributed by atoms with E-state index in [0.717, 1.165) is 10.2 Å². The van der Waals surface area contributed by atoms with Crippen molar-refractivity contribution in [3.8, 4) is 22.1 Å². The monoisotopic (exact) mass is 339 g/mol. The van der Waals surface area contributed by atoms with E-state index in [2.05, 4.69) is 9.17 Å². The molecule has 3 aromatic rings. The van der Waals surface area contributed by atoms with Crippen LogP contribution in [-0.2, 0) is 10.5 Å². The second-order valence-electron chi connectivity index (χ2n) is 4.33. The summed E-state index contributed by atoms with van der Waals surface area (Å²) in [7, 11) is -3.72. The van der Waals surface area contributed by atoms with Gasteiger partial charge in [-0.05, 0) is 24.3 Å². The van der Waals surface area contributed by atoms with Gasteiger partial charge in [-0.1, -0.05) is 16.0 Å². The van der Waals surface area contributed by atoms with Gasteiger partial charge in [0.15, 0.2) is 5.75 Å². The molecule has 0 atom stereocenters. The van der Waals surface area contributed by atoms with E-state index in [4.69, 9.17) is 4.74 Å². The molecule has 0 aliphatic heterocycles. The predicted octanol–water partition coefficient (Wildman–Crippen LogP) is 3.57. The molecule has 114 valence electrons. The average molecular weight is 339 g/mol. The van der Waals surface area contributed by atoms with Gasteiger partial charge in [-0.25, -0.2) is 4.98 Å². The zero-order valence-electron chi connectivity index (χ0n) is 11.3. The summed E-state index contributed by atoms with van der Waals surface area (Å²) in [6.45, 7) is 0. The maximum atomic E-state index is 12.9. The van der Waals surface area contributed by atoms with Gasteiger partial charge in [0, 0.05) is 6.07 Å². The third-order valence-corrected chi connectivity index (χ3v) is 4.35. The summed E-state index contributed by atoms with van der Waals surface area (Å²) in [5.74, 6) is 0.185. The zero-order chi connectivity index (χ0) is 15.7. The fraction of sp³-hybridized carbons (Fsp3) is 0.0714. The Balaban J connectivity index is 2.16. The van der Waals surface area contributed by atoms with E-state index in [9.17, 15) is 12.3 Å². The molecule has 0 saturated heterocycles. The van der Waals surface area contributed by atoms with Crippen molar-refractivity contribution in [2.24, 2.45) is 0 Å². The van der Waals surface area contributed by atoms with Crippen LogP contribution in [0.2, 0.25) is 0 Å². The minimum absolute atomic E-state index is 0.166. The van der Waals surface area contributed by atoms with Crippen molar-refractivity contribution in [2.75, 3.05) is 7.11 Å². The van der Waals surface area contributed by atoms with Crippen LogP contribution in [0, 0.1) is 0 Å². The lowest BCUT2D eigenvalue weighted by molar-refractivity contribution is 0.409. The van der Waals surface area contributed by atoms with Crippen LogP contribution in [0.25, 0.3) is 20.8 Å². The number of hydrogen-bond acceptors (Lipinski definition) is 6. The van der Waals surface area contributed by atoms with Crippen LogP contribution in [0.4, 0.5) is 3.89 Å². The predicted molar refractivity (Wildman–Crippen MR) is 82.3 cm³/mol. The molecule has 5 nitrogen and oxygen atoms in total. The van der Waals surface area contributed by atoms with Crippen molar-refractivity contribution in [3.05, 3.63) is 42.5 Å². The number of para-hydroxylation sites is 1. The van der Waals surface area contributed by atoms with E-state index in [0.29, 0.717) is 16.3 Å². The number of hydrogen-bond donors (Lipinski definition) is 0. The Kier molecular flexibility index (Phi) is 3.71. The van der Waals surface area contributed by atoms with Crippen molar-refractivity contribution in [2.45, 2.75) is 0 Å². The average Bonchev–Trinajstić information content (AvgIpc) is 2.89. The van der Waals surface area contributed by atoms with Gasteiger partial charge in [0.25, 0.3) is 0 Å². The molecule has 0 radical (unpaired) electrons. The van der Waals surface area contributed by atoms with E-state index in [-0.39, 0.29) is 5.75 Å². The Hall–Kier alpha value is -2.19. The second-order valence-corrected chi connectivity index (χ2v) is 6.31. The van der Waals surface area contributed by atoms with Gasteiger partial charge in [0.1, 0.15) is 10.8 Å². The molecule has 0 saturated carbocycles. The largest absolute Gasteiger partial charge is 0.497 e. The normalized spacial score (nSPS) is 11.5. The first-order valence-corrected chi connectivity index (χ1v) is 8.27. The van der Waals surface area contributed by atoms with Crippen LogP contribution in [0.5, 0.6) is 11.5 Å². The van der Waals surface area contributed by atoms with Crippen LogP contribution in [0.1, 0.15) is 0 Å². The Morgan fingerprint density at radius 2 is 1.95 bits per heavy atom. The fourth-order valence-electron chi connectivity index (χ4n) is 1.97. The minimum atomic E-state index is -5.14. The van der Waals surface area contributed by atoms with Crippen molar-refractivity contribution in [1.82, 2.24) is 4.98 Å². The topological polar surface area (TPSA) is 65.5 Å². The van der Waals surface area contributed by atoms with E-state index in [1.54, 1.807) is 12.1 Å². The van der Waals surface area contributed by atoms with Crippen LogP contribution < -0.4 is 8.92 Å². The first kappa shape index (κ1) is 14.7. The third kappa shape index (κ3) is 3.02. The molecule has 0 N–H and O–H groups in total. The quantitative estimate of drug-likeness (QED) is 0.680.